The van der Waals surface area contributed by atoms with Gasteiger partial charge in [-0.25, -0.2) is 0 Å². The van der Waals surface area contributed by atoms with Crippen molar-refractivity contribution < 1.29 is 9.90 Å². The summed E-state index contributed by atoms with van der Waals surface area (Å²) in [4.78, 5) is 10.8. The van der Waals surface area contributed by atoms with E-state index in [2.05, 4.69) is 5.10 Å². The molecule has 82 valence electrons. The molecule has 0 saturated carbocycles. The lowest BCUT2D eigenvalue weighted by Gasteiger charge is -2.03. The molecule has 0 saturated heterocycles. The summed E-state index contributed by atoms with van der Waals surface area (Å²) in [6.07, 6.45) is 1.69. The minimum atomic E-state index is -0.846. The highest BCUT2D eigenvalue weighted by Crippen LogP contribution is 2.23. The van der Waals surface area contributed by atoms with Crippen LogP contribution in [0.15, 0.2) is 36.5 Å². The van der Waals surface area contributed by atoms with Gasteiger partial charge in [0.1, 0.15) is 0 Å². The van der Waals surface area contributed by atoms with Gasteiger partial charge in [-0.1, -0.05) is 30.3 Å². The normalized spacial score (nSPS) is 10.3. The molecule has 4 heteroatoms. The van der Waals surface area contributed by atoms with Crippen LogP contribution in [0.25, 0.3) is 11.1 Å². The first kappa shape index (κ1) is 10.4. The van der Waals surface area contributed by atoms with Crippen molar-refractivity contribution in [3.63, 3.8) is 0 Å². The molecular formula is C12H12N2O2. The second-order valence-electron chi connectivity index (χ2n) is 3.57. The van der Waals surface area contributed by atoms with E-state index in [1.807, 2.05) is 30.3 Å². The standard InChI is InChI=1S/C12H12N2O2/c1-14-11(7-12(15)16)10(8-13-14)9-5-3-2-4-6-9/h2-6,8H,7H2,1H3,(H,15,16). The number of aryl methyl sites for hydroxylation is 1. The first-order chi connectivity index (χ1) is 7.68. The SMILES string of the molecule is Cn1ncc(-c2ccccc2)c1CC(=O)O. The molecule has 0 radical (unpaired) electrons. The van der Waals surface area contributed by atoms with Crippen LogP contribution in [0.3, 0.4) is 0 Å². The molecule has 0 aliphatic heterocycles. The third-order valence-electron chi connectivity index (χ3n) is 2.47. The smallest absolute Gasteiger partial charge is 0.309 e. The Balaban J connectivity index is 2.46. The van der Waals surface area contributed by atoms with Gasteiger partial charge >= 0.3 is 5.97 Å². The maximum absolute atomic E-state index is 10.8. The average Bonchev–Trinajstić information content (AvgIpc) is 2.61. The van der Waals surface area contributed by atoms with E-state index in [0.717, 1.165) is 16.8 Å². The molecule has 0 atom stereocenters. The zero-order valence-electron chi connectivity index (χ0n) is 8.92. The molecule has 2 rings (SSSR count). The lowest BCUT2D eigenvalue weighted by Crippen LogP contribution is -2.07. The number of benzene rings is 1. The number of aromatic nitrogens is 2. The summed E-state index contributed by atoms with van der Waals surface area (Å²) in [6, 6.07) is 9.67. The Morgan fingerprint density at radius 1 is 1.38 bits per heavy atom. The topological polar surface area (TPSA) is 55.1 Å². The van der Waals surface area contributed by atoms with Crippen LogP contribution in [0, 0.1) is 0 Å². The van der Waals surface area contributed by atoms with Crippen LogP contribution in [0.1, 0.15) is 5.69 Å². The van der Waals surface area contributed by atoms with Crippen molar-refractivity contribution in [1.29, 1.82) is 0 Å². The number of hydrogen-bond acceptors (Lipinski definition) is 2. The second kappa shape index (κ2) is 4.18. The summed E-state index contributed by atoms with van der Waals surface area (Å²) in [5.74, 6) is -0.846. The molecule has 0 amide bonds. The molecule has 0 aliphatic rings. The molecule has 2 aromatic rings. The molecule has 0 fully saturated rings. The van der Waals surface area contributed by atoms with E-state index >= 15 is 0 Å². The van der Waals surface area contributed by atoms with E-state index in [-0.39, 0.29) is 6.42 Å². The predicted molar refractivity (Wildman–Crippen MR) is 60.0 cm³/mol. The Hall–Kier alpha value is -2.10. The second-order valence-corrected chi connectivity index (χ2v) is 3.57. The number of nitrogens with zero attached hydrogens (tertiary/aromatic N) is 2. The minimum Gasteiger partial charge on any atom is -0.481 e. The molecule has 1 heterocycles. The highest BCUT2D eigenvalue weighted by atomic mass is 16.4. The summed E-state index contributed by atoms with van der Waals surface area (Å²) in [7, 11) is 1.75. The van der Waals surface area contributed by atoms with Crippen molar-refractivity contribution in [3.05, 3.63) is 42.2 Å². The number of aliphatic carboxylic acids is 1. The van der Waals surface area contributed by atoms with Gasteiger partial charge in [0.2, 0.25) is 0 Å². The molecule has 16 heavy (non-hydrogen) atoms. The monoisotopic (exact) mass is 216 g/mol. The van der Waals surface area contributed by atoms with Crippen LogP contribution < -0.4 is 0 Å². The van der Waals surface area contributed by atoms with E-state index in [4.69, 9.17) is 5.11 Å². The quantitative estimate of drug-likeness (QED) is 0.849. The Kier molecular flexibility index (Phi) is 2.72. The van der Waals surface area contributed by atoms with Crippen molar-refractivity contribution in [1.82, 2.24) is 9.78 Å². The maximum Gasteiger partial charge on any atom is 0.309 e. The van der Waals surface area contributed by atoms with Gasteiger partial charge in [0.05, 0.1) is 18.3 Å². The molecule has 1 N–H and O–H groups in total. The van der Waals surface area contributed by atoms with Crippen molar-refractivity contribution in [3.8, 4) is 11.1 Å². The first-order valence-corrected chi connectivity index (χ1v) is 4.96. The molecular weight excluding hydrogens is 204 g/mol. The Morgan fingerprint density at radius 2 is 2.06 bits per heavy atom. The molecule has 0 aliphatic carbocycles. The molecule has 0 spiro atoms. The summed E-state index contributed by atoms with van der Waals surface area (Å²) >= 11 is 0. The third kappa shape index (κ3) is 1.95. The third-order valence-corrected chi connectivity index (χ3v) is 2.47. The highest BCUT2D eigenvalue weighted by Gasteiger charge is 2.13. The van der Waals surface area contributed by atoms with Gasteiger partial charge in [0.15, 0.2) is 0 Å². The van der Waals surface area contributed by atoms with E-state index < -0.39 is 5.97 Å². The molecule has 4 nitrogen and oxygen atoms in total. The summed E-state index contributed by atoms with van der Waals surface area (Å²) in [6.45, 7) is 0. The zero-order valence-corrected chi connectivity index (χ0v) is 8.92. The largest absolute Gasteiger partial charge is 0.481 e. The molecule has 1 aromatic carbocycles. The van der Waals surface area contributed by atoms with Gasteiger partial charge in [-0.3, -0.25) is 9.48 Å². The molecule has 1 aromatic heterocycles. The van der Waals surface area contributed by atoms with Crippen molar-refractivity contribution in [2.45, 2.75) is 6.42 Å². The fraction of sp³-hybridized carbons (Fsp3) is 0.167. The van der Waals surface area contributed by atoms with Gasteiger partial charge in [-0.2, -0.15) is 5.10 Å². The van der Waals surface area contributed by atoms with Crippen LogP contribution in [-0.2, 0) is 18.3 Å². The van der Waals surface area contributed by atoms with Gasteiger partial charge in [0, 0.05) is 12.6 Å². The fourth-order valence-corrected chi connectivity index (χ4v) is 1.67. The Labute approximate surface area is 93.1 Å². The summed E-state index contributed by atoms with van der Waals surface area (Å²) < 4.78 is 1.61. The minimum absolute atomic E-state index is 0.0132. The lowest BCUT2D eigenvalue weighted by molar-refractivity contribution is -0.136. The Morgan fingerprint density at radius 3 is 2.69 bits per heavy atom. The van der Waals surface area contributed by atoms with E-state index in [1.165, 1.54) is 0 Å². The summed E-state index contributed by atoms with van der Waals surface area (Å²) in [5.41, 5.74) is 2.59. The van der Waals surface area contributed by atoms with E-state index in [9.17, 15) is 4.79 Å². The molecule has 0 unspecified atom stereocenters. The number of rotatable bonds is 3. The number of carboxylic acids is 1. The Bertz CT molecular complexity index is 503. The van der Waals surface area contributed by atoms with Crippen LogP contribution >= 0.6 is 0 Å². The highest BCUT2D eigenvalue weighted by molar-refractivity contribution is 5.75. The van der Waals surface area contributed by atoms with E-state index in [0.29, 0.717) is 0 Å². The van der Waals surface area contributed by atoms with Gasteiger partial charge < -0.3 is 5.11 Å². The first-order valence-electron chi connectivity index (χ1n) is 4.96. The fourth-order valence-electron chi connectivity index (χ4n) is 1.67. The zero-order chi connectivity index (χ0) is 11.5. The van der Waals surface area contributed by atoms with Gasteiger partial charge in [-0.05, 0) is 5.56 Å². The van der Waals surface area contributed by atoms with Crippen LogP contribution in [0.5, 0.6) is 0 Å². The van der Waals surface area contributed by atoms with Crippen LogP contribution in [0.2, 0.25) is 0 Å². The average molecular weight is 216 g/mol. The lowest BCUT2D eigenvalue weighted by atomic mass is 10.1. The predicted octanol–water partition coefficient (Wildman–Crippen LogP) is 1.71. The van der Waals surface area contributed by atoms with Crippen LogP contribution in [0.4, 0.5) is 0 Å². The van der Waals surface area contributed by atoms with E-state index in [1.54, 1.807) is 17.9 Å². The van der Waals surface area contributed by atoms with Gasteiger partial charge in [-0.15, -0.1) is 0 Å². The number of carboxylic acid groups (broad SMARTS) is 1. The van der Waals surface area contributed by atoms with Gasteiger partial charge in [0.25, 0.3) is 0 Å². The van der Waals surface area contributed by atoms with Crippen molar-refractivity contribution in [2.24, 2.45) is 7.05 Å². The number of hydrogen-bond donors (Lipinski definition) is 1. The van der Waals surface area contributed by atoms with Crippen molar-refractivity contribution in [2.75, 3.05) is 0 Å². The maximum atomic E-state index is 10.8. The summed E-state index contributed by atoms with van der Waals surface area (Å²) in [5, 5.41) is 12.9. The van der Waals surface area contributed by atoms with Crippen LogP contribution in [-0.4, -0.2) is 20.9 Å². The van der Waals surface area contributed by atoms with Crippen molar-refractivity contribution >= 4 is 5.97 Å². The molecule has 0 bridgehead atoms. The number of carbonyl (C=O) groups is 1.